The summed E-state index contributed by atoms with van der Waals surface area (Å²) in [5.41, 5.74) is 3.10. The molecule has 0 aliphatic carbocycles. The first kappa shape index (κ1) is 13.3. The first-order valence-corrected chi connectivity index (χ1v) is 5.99. The van der Waals surface area contributed by atoms with Gasteiger partial charge in [0.1, 0.15) is 10.3 Å². The lowest BCUT2D eigenvalue weighted by molar-refractivity contribution is 0.102. The van der Waals surface area contributed by atoms with Gasteiger partial charge in [0.15, 0.2) is 5.82 Å². The van der Waals surface area contributed by atoms with Crippen LogP contribution in [0, 0.1) is 6.92 Å². The second kappa shape index (κ2) is 5.67. The van der Waals surface area contributed by atoms with Crippen LogP contribution < -0.4 is 16.6 Å². The lowest BCUT2D eigenvalue weighted by Gasteiger charge is -2.06. The number of hydrogen-bond donors (Lipinski definition) is 3. The number of aryl methyl sites for hydroxylation is 1. The minimum Gasteiger partial charge on any atom is -0.304 e. The van der Waals surface area contributed by atoms with E-state index in [-0.39, 0.29) is 11.6 Å². The van der Waals surface area contributed by atoms with E-state index in [9.17, 15) is 4.79 Å². The number of amides is 1. The Balaban J connectivity index is 2.20. The smallest absolute Gasteiger partial charge is 0.275 e. The average Bonchev–Trinajstić information content (AvgIpc) is 2.40. The minimum atomic E-state index is -0.418. The number of aromatic nitrogens is 4. The number of carbonyl (C=O) groups excluding carboxylic acids is 1. The average molecular weight is 324 g/mol. The second-order valence-corrected chi connectivity index (χ2v) is 4.35. The van der Waals surface area contributed by atoms with Gasteiger partial charge in [-0.15, -0.1) is 0 Å². The summed E-state index contributed by atoms with van der Waals surface area (Å²) in [6, 6.07) is 1.54. The summed E-state index contributed by atoms with van der Waals surface area (Å²) in [6.07, 6.45) is 2.91. The third-order valence-corrected chi connectivity index (χ3v) is 2.49. The quantitative estimate of drug-likeness (QED) is 0.566. The standard InChI is InChI=1S/C10H10BrN7O/c1-5-2-6(16-10(15-5)18-12)9(19)17-8-4-13-7(11)3-14-8/h2-4H,12H2,1H3,(H,14,17,19)(H,15,16,18). The zero-order valence-corrected chi connectivity index (χ0v) is 11.5. The molecule has 0 aliphatic heterocycles. The molecule has 2 aromatic heterocycles. The van der Waals surface area contributed by atoms with E-state index in [2.05, 4.69) is 46.6 Å². The van der Waals surface area contributed by atoms with Gasteiger partial charge in [0.2, 0.25) is 5.95 Å². The van der Waals surface area contributed by atoms with Gasteiger partial charge in [0, 0.05) is 5.69 Å². The molecule has 1 amide bonds. The van der Waals surface area contributed by atoms with E-state index >= 15 is 0 Å². The van der Waals surface area contributed by atoms with E-state index < -0.39 is 5.91 Å². The van der Waals surface area contributed by atoms with E-state index in [0.29, 0.717) is 16.1 Å². The molecule has 0 radical (unpaired) electrons. The van der Waals surface area contributed by atoms with Crippen LogP contribution >= 0.6 is 15.9 Å². The van der Waals surface area contributed by atoms with Crippen molar-refractivity contribution < 1.29 is 4.79 Å². The van der Waals surface area contributed by atoms with Crippen molar-refractivity contribution in [2.45, 2.75) is 6.92 Å². The zero-order valence-electron chi connectivity index (χ0n) is 9.88. The molecule has 0 fully saturated rings. The molecule has 0 aromatic carbocycles. The molecular weight excluding hydrogens is 314 g/mol. The molecule has 0 spiro atoms. The van der Waals surface area contributed by atoms with Crippen LogP contribution in [0.5, 0.6) is 0 Å². The van der Waals surface area contributed by atoms with Crippen molar-refractivity contribution in [3.8, 4) is 0 Å². The van der Waals surface area contributed by atoms with Crippen molar-refractivity contribution in [1.29, 1.82) is 0 Å². The number of halogens is 1. The van der Waals surface area contributed by atoms with Crippen molar-refractivity contribution in [3.63, 3.8) is 0 Å². The number of nitrogen functional groups attached to an aromatic ring is 1. The van der Waals surface area contributed by atoms with Crippen LogP contribution in [0.15, 0.2) is 23.1 Å². The Hall–Kier alpha value is -2.13. The van der Waals surface area contributed by atoms with E-state index in [1.807, 2.05) is 0 Å². The van der Waals surface area contributed by atoms with Gasteiger partial charge >= 0.3 is 0 Å². The molecular formula is C10H10BrN7O. The van der Waals surface area contributed by atoms with Crippen molar-refractivity contribution in [1.82, 2.24) is 19.9 Å². The van der Waals surface area contributed by atoms with Crippen LogP contribution in [-0.4, -0.2) is 25.8 Å². The largest absolute Gasteiger partial charge is 0.304 e. The maximum Gasteiger partial charge on any atom is 0.275 e. The summed E-state index contributed by atoms with van der Waals surface area (Å²) >= 11 is 3.16. The van der Waals surface area contributed by atoms with Crippen molar-refractivity contribution in [2.24, 2.45) is 5.84 Å². The number of nitrogens with zero attached hydrogens (tertiary/aromatic N) is 4. The number of nitrogens with two attached hydrogens (primary N) is 1. The summed E-state index contributed by atoms with van der Waals surface area (Å²) in [5.74, 6) is 5.30. The number of rotatable bonds is 3. The summed E-state index contributed by atoms with van der Waals surface area (Å²) in [6.45, 7) is 1.73. The van der Waals surface area contributed by atoms with Gasteiger partial charge in [-0.05, 0) is 28.9 Å². The Morgan fingerprint density at radius 1 is 1.32 bits per heavy atom. The maximum absolute atomic E-state index is 12.0. The maximum atomic E-state index is 12.0. The van der Waals surface area contributed by atoms with Gasteiger partial charge in [-0.2, -0.15) is 0 Å². The van der Waals surface area contributed by atoms with Crippen molar-refractivity contribution in [3.05, 3.63) is 34.5 Å². The van der Waals surface area contributed by atoms with Crippen LogP contribution in [0.4, 0.5) is 11.8 Å². The number of anilines is 2. The van der Waals surface area contributed by atoms with Gasteiger partial charge in [-0.3, -0.25) is 10.2 Å². The number of hydrazine groups is 1. The third kappa shape index (κ3) is 3.42. The fraction of sp³-hybridized carbons (Fsp3) is 0.100. The Bertz CT molecular complexity index is 601. The molecule has 2 aromatic rings. The Labute approximate surface area is 117 Å². The lowest BCUT2D eigenvalue weighted by atomic mass is 10.3. The molecule has 0 saturated heterocycles. The number of nitrogens with one attached hydrogen (secondary N) is 2. The first-order valence-electron chi connectivity index (χ1n) is 5.19. The summed E-state index contributed by atoms with van der Waals surface area (Å²) in [7, 11) is 0. The summed E-state index contributed by atoms with van der Waals surface area (Å²) in [4.78, 5) is 27.8. The molecule has 0 saturated carbocycles. The normalized spacial score (nSPS) is 10.1. The molecule has 9 heteroatoms. The van der Waals surface area contributed by atoms with Gasteiger partial charge < -0.3 is 5.32 Å². The van der Waals surface area contributed by atoms with Crippen LogP contribution in [0.1, 0.15) is 16.2 Å². The minimum absolute atomic E-state index is 0.173. The Morgan fingerprint density at radius 2 is 2.11 bits per heavy atom. The highest BCUT2D eigenvalue weighted by molar-refractivity contribution is 9.10. The van der Waals surface area contributed by atoms with E-state index in [1.165, 1.54) is 12.4 Å². The Morgan fingerprint density at radius 3 is 2.74 bits per heavy atom. The van der Waals surface area contributed by atoms with Crippen LogP contribution in [0.3, 0.4) is 0 Å². The fourth-order valence-corrected chi connectivity index (χ4v) is 1.51. The predicted molar refractivity (Wildman–Crippen MR) is 72.3 cm³/mol. The molecule has 2 heterocycles. The molecule has 0 atom stereocenters. The van der Waals surface area contributed by atoms with Crippen molar-refractivity contribution >= 4 is 33.6 Å². The van der Waals surface area contributed by atoms with Crippen molar-refractivity contribution in [2.75, 3.05) is 10.7 Å². The van der Waals surface area contributed by atoms with E-state index in [4.69, 9.17) is 5.84 Å². The monoisotopic (exact) mass is 323 g/mol. The molecule has 98 valence electrons. The second-order valence-electron chi connectivity index (χ2n) is 3.54. The molecule has 0 unspecified atom stereocenters. The van der Waals surface area contributed by atoms with Crippen LogP contribution in [0.25, 0.3) is 0 Å². The molecule has 0 bridgehead atoms. The SMILES string of the molecule is Cc1cc(C(=O)Nc2cnc(Br)cn2)nc(NN)n1. The van der Waals surface area contributed by atoms with Gasteiger partial charge in [-0.1, -0.05) is 0 Å². The Kier molecular flexibility index (Phi) is 3.97. The summed E-state index contributed by atoms with van der Waals surface area (Å²) < 4.78 is 0.581. The molecule has 8 nitrogen and oxygen atoms in total. The fourth-order valence-electron chi connectivity index (χ4n) is 1.31. The lowest BCUT2D eigenvalue weighted by Crippen LogP contribution is -2.18. The highest BCUT2D eigenvalue weighted by atomic mass is 79.9. The highest BCUT2D eigenvalue weighted by Crippen LogP contribution is 2.09. The van der Waals surface area contributed by atoms with E-state index in [1.54, 1.807) is 13.0 Å². The van der Waals surface area contributed by atoms with Gasteiger partial charge in [0.05, 0.1) is 12.4 Å². The van der Waals surface area contributed by atoms with E-state index in [0.717, 1.165) is 0 Å². The van der Waals surface area contributed by atoms with Crippen LogP contribution in [-0.2, 0) is 0 Å². The van der Waals surface area contributed by atoms with Gasteiger partial charge in [0.25, 0.3) is 5.91 Å². The number of hydrogen-bond acceptors (Lipinski definition) is 7. The molecule has 19 heavy (non-hydrogen) atoms. The highest BCUT2D eigenvalue weighted by Gasteiger charge is 2.11. The first-order chi connectivity index (χ1) is 9.08. The third-order valence-electron chi connectivity index (χ3n) is 2.08. The topological polar surface area (TPSA) is 119 Å². The molecule has 4 N–H and O–H groups in total. The molecule has 0 aliphatic rings. The predicted octanol–water partition coefficient (Wildman–Crippen LogP) is 0.875. The van der Waals surface area contributed by atoms with Crippen LogP contribution in [0.2, 0.25) is 0 Å². The molecule has 2 rings (SSSR count). The zero-order chi connectivity index (χ0) is 13.8. The van der Waals surface area contributed by atoms with Gasteiger partial charge in [-0.25, -0.2) is 25.8 Å². The summed E-state index contributed by atoms with van der Waals surface area (Å²) in [5, 5.41) is 2.57. The number of carbonyl (C=O) groups is 1.